The lowest BCUT2D eigenvalue weighted by Crippen LogP contribution is -1.93. The molecule has 0 unspecified atom stereocenters. The molecule has 0 bridgehead atoms. The first kappa shape index (κ1) is 8.21. The standard InChI is InChI=1S/C9H6ClNO2/c1-5-6(3-11)2-7(10)9-8(5)12-4-13-9/h2H,4H2,1H3. The minimum absolute atomic E-state index is 0.171. The van der Waals surface area contributed by atoms with Crippen LogP contribution in [0.25, 0.3) is 0 Å². The first-order valence-corrected chi connectivity index (χ1v) is 4.10. The minimum atomic E-state index is 0.171. The number of fused-ring (bicyclic) bond motifs is 1. The first-order valence-electron chi connectivity index (χ1n) is 3.73. The third-order valence-corrected chi connectivity index (χ3v) is 2.25. The van der Waals surface area contributed by atoms with E-state index >= 15 is 0 Å². The van der Waals surface area contributed by atoms with Crippen LogP contribution in [0.4, 0.5) is 0 Å². The molecular weight excluding hydrogens is 190 g/mol. The zero-order valence-corrected chi connectivity index (χ0v) is 7.68. The van der Waals surface area contributed by atoms with Crippen LogP contribution in [-0.2, 0) is 0 Å². The van der Waals surface area contributed by atoms with Crippen LogP contribution in [0.2, 0.25) is 5.02 Å². The summed E-state index contributed by atoms with van der Waals surface area (Å²) in [5.41, 5.74) is 1.30. The van der Waals surface area contributed by atoms with E-state index in [2.05, 4.69) is 0 Å². The predicted molar refractivity (Wildman–Crippen MR) is 47.0 cm³/mol. The third-order valence-electron chi connectivity index (χ3n) is 1.97. The van der Waals surface area contributed by atoms with Crippen LogP contribution in [0, 0.1) is 18.3 Å². The van der Waals surface area contributed by atoms with E-state index in [1.807, 2.05) is 13.0 Å². The fraction of sp³-hybridized carbons (Fsp3) is 0.222. The quantitative estimate of drug-likeness (QED) is 0.638. The topological polar surface area (TPSA) is 42.2 Å². The van der Waals surface area contributed by atoms with E-state index in [0.29, 0.717) is 22.1 Å². The number of rotatable bonds is 0. The smallest absolute Gasteiger partial charge is 0.231 e. The molecule has 0 radical (unpaired) electrons. The number of benzene rings is 1. The second-order valence-electron chi connectivity index (χ2n) is 2.71. The summed E-state index contributed by atoms with van der Waals surface area (Å²) in [6, 6.07) is 3.63. The highest BCUT2D eigenvalue weighted by Gasteiger charge is 2.21. The maximum Gasteiger partial charge on any atom is 0.231 e. The van der Waals surface area contributed by atoms with Crippen LogP contribution in [0.3, 0.4) is 0 Å². The number of hydrogen-bond donors (Lipinski definition) is 0. The van der Waals surface area contributed by atoms with Gasteiger partial charge in [0, 0.05) is 5.56 Å². The van der Waals surface area contributed by atoms with Crippen molar-refractivity contribution in [1.82, 2.24) is 0 Å². The van der Waals surface area contributed by atoms with E-state index in [4.69, 9.17) is 26.3 Å². The van der Waals surface area contributed by atoms with Crippen LogP contribution >= 0.6 is 11.6 Å². The molecule has 0 atom stereocenters. The molecule has 0 spiro atoms. The summed E-state index contributed by atoms with van der Waals surface area (Å²) < 4.78 is 10.3. The molecule has 0 saturated heterocycles. The van der Waals surface area contributed by atoms with Crippen molar-refractivity contribution in [2.75, 3.05) is 6.79 Å². The highest BCUT2D eigenvalue weighted by Crippen LogP contribution is 2.42. The Kier molecular flexibility index (Phi) is 1.78. The molecule has 13 heavy (non-hydrogen) atoms. The van der Waals surface area contributed by atoms with Crippen molar-refractivity contribution in [3.05, 3.63) is 22.2 Å². The third kappa shape index (κ3) is 1.11. The van der Waals surface area contributed by atoms with Crippen molar-refractivity contribution >= 4 is 11.6 Å². The Morgan fingerprint density at radius 2 is 2.15 bits per heavy atom. The largest absolute Gasteiger partial charge is 0.453 e. The van der Waals surface area contributed by atoms with Gasteiger partial charge in [-0.3, -0.25) is 0 Å². The number of hydrogen-bond acceptors (Lipinski definition) is 3. The molecule has 3 nitrogen and oxygen atoms in total. The molecule has 2 rings (SSSR count). The SMILES string of the molecule is Cc1c(C#N)cc(Cl)c2c1OCO2. The van der Waals surface area contributed by atoms with E-state index in [-0.39, 0.29) is 6.79 Å². The molecule has 0 aromatic heterocycles. The van der Waals surface area contributed by atoms with Gasteiger partial charge in [-0.25, -0.2) is 0 Å². The number of nitriles is 1. The van der Waals surface area contributed by atoms with Crippen molar-refractivity contribution in [3.63, 3.8) is 0 Å². The van der Waals surface area contributed by atoms with Crippen molar-refractivity contribution in [2.45, 2.75) is 6.92 Å². The Morgan fingerprint density at radius 3 is 2.85 bits per heavy atom. The average Bonchev–Trinajstić information content (AvgIpc) is 2.60. The second kappa shape index (κ2) is 2.82. The van der Waals surface area contributed by atoms with Gasteiger partial charge in [0.25, 0.3) is 0 Å². The molecule has 0 saturated carbocycles. The highest BCUT2D eigenvalue weighted by atomic mass is 35.5. The van der Waals surface area contributed by atoms with E-state index in [9.17, 15) is 0 Å². The van der Waals surface area contributed by atoms with Gasteiger partial charge >= 0.3 is 0 Å². The molecule has 1 aliphatic rings. The monoisotopic (exact) mass is 195 g/mol. The van der Waals surface area contributed by atoms with Crippen molar-refractivity contribution in [1.29, 1.82) is 5.26 Å². The number of halogens is 1. The lowest BCUT2D eigenvalue weighted by molar-refractivity contribution is 0.173. The van der Waals surface area contributed by atoms with Gasteiger partial charge in [-0.1, -0.05) is 11.6 Å². The van der Waals surface area contributed by atoms with Crippen LogP contribution in [0.1, 0.15) is 11.1 Å². The predicted octanol–water partition coefficient (Wildman–Crippen LogP) is 2.25. The molecule has 0 aliphatic carbocycles. The van der Waals surface area contributed by atoms with Gasteiger partial charge < -0.3 is 9.47 Å². The van der Waals surface area contributed by atoms with E-state index in [1.54, 1.807) is 6.07 Å². The summed E-state index contributed by atoms with van der Waals surface area (Å²) in [7, 11) is 0. The van der Waals surface area contributed by atoms with Gasteiger partial charge in [0.1, 0.15) is 0 Å². The summed E-state index contributed by atoms with van der Waals surface area (Å²) in [5.74, 6) is 1.13. The van der Waals surface area contributed by atoms with Gasteiger partial charge in [0.2, 0.25) is 6.79 Å². The normalized spacial score (nSPS) is 12.7. The fourth-order valence-corrected chi connectivity index (χ4v) is 1.52. The Labute approximate surface area is 80.4 Å². The van der Waals surface area contributed by atoms with E-state index in [1.165, 1.54) is 0 Å². The Bertz CT molecular complexity index is 409. The maximum absolute atomic E-state index is 8.77. The van der Waals surface area contributed by atoms with Crippen LogP contribution in [0.15, 0.2) is 6.07 Å². The Hall–Kier alpha value is -1.40. The molecule has 1 aromatic rings. The molecular formula is C9H6ClNO2. The molecule has 1 heterocycles. The zero-order valence-electron chi connectivity index (χ0n) is 6.93. The van der Waals surface area contributed by atoms with E-state index in [0.717, 1.165) is 5.56 Å². The molecule has 66 valence electrons. The van der Waals surface area contributed by atoms with Crippen molar-refractivity contribution in [2.24, 2.45) is 0 Å². The fourth-order valence-electron chi connectivity index (χ4n) is 1.27. The first-order chi connectivity index (χ1) is 6.24. The van der Waals surface area contributed by atoms with Gasteiger partial charge in [-0.2, -0.15) is 5.26 Å². The number of ether oxygens (including phenoxy) is 2. The summed E-state index contributed by atoms with van der Waals surface area (Å²) in [6.45, 7) is 1.98. The van der Waals surface area contributed by atoms with Gasteiger partial charge in [0.05, 0.1) is 16.7 Å². The molecule has 0 amide bonds. The lowest BCUT2D eigenvalue weighted by Gasteiger charge is -2.03. The number of nitrogens with zero attached hydrogens (tertiary/aromatic N) is 1. The zero-order chi connectivity index (χ0) is 9.42. The summed E-state index contributed by atoms with van der Waals surface area (Å²) >= 11 is 5.87. The molecule has 0 N–H and O–H groups in total. The Morgan fingerprint density at radius 1 is 1.46 bits per heavy atom. The highest BCUT2D eigenvalue weighted by molar-refractivity contribution is 6.32. The van der Waals surface area contributed by atoms with Crippen molar-refractivity contribution in [3.8, 4) is 17.6 Å². The van der Waals surface area contributed by atoms with E-state index < -0.39 is 0 Å². The summed E-state index contributed by atoms with van der Waals surface area (Å²) in [4.78, 5) is 0. The van der Waals surface area contributed by atoms with Gasteiger partial charge in [0.15, 0.2) is 11.5 Å². The van der Waals surface area contributed by atoms with Crippen molar-refractivity contribution < 1.29 is 9.47 Å². The second-order valence-corrected chi connectivity index (χ2v) is 3.11. The Balaban J connectivity index is 2.71. The molecule has 0 fully saturated rings. The maximum atomic E-state index is 8.77. The van der Waals surface area contributed by atoms with Gasteiger partial charge in [-0.05, 0) is 13.0 Å². The minimum Gasteiger partial charge on any atom is -0.453 e. The molecule has 1 aliphatic heterocycles. The summed E-state index contributed by atoms with van der Waals surface area (Å²) in [6.07, 6.45) is 0. The van der Waals surface area contributed by atoms with Gasteiger partial charge in [-0.15, -0.1) is 0 Å². The average molecular weight is 196 g/mol. The van der Waals surface area contributed by atoms with Crippen LogP contribution in [0.5, 0.6) is 11.5 Å². The molecule has 4 heteroatoms. The molecule has 1 aromatic carbocycles. The lowest BCUT2D eigenvalue weighted by atomic mass is 10.1. The van der Waals surface area contributed by atoms with Crippen LogP contribution in [-0.4, -0.2) is 6.79 Å². The van der Waals surface area contributed by atoms with Crippen LogP contribution < -0.4 is 9.47 Å². The summed E-state index contributed by atoms with van der Waals surface area (Å²) in [5, 5.41) is 9.19.